The van der Waals surface area contributed by atoms with Gasteiger partial charge in [-0.2, -0.15) is 4.57 Å². The molecule has 1 aliphatic heterocycles. The van der Waals surface area contributed by atoms with Gasteiger partial charge in [-0.15, -0.1) is 11.3 Å². The molecule has 6 rings (SSSR count). The summed E-state index contributed by atoms with van der Waals surface area (Å²) < 4.78 is 6.05. The highest BCUT2D eigenvalue weighted by atomic mass is 32.2. The van der Waals surface area contributed by atoms with Crippen LogP contribution in [0.5, 0.6) is 0 Å². The number of thioether (sulfide) groups is 1. The Morgan fingerprint density at radius 3 is 2.57 bits per heavy atom. The average molecular weight is 496 g/mol. The van der Waals surface area contributed by atoms with Crippen LogP contribution in [0.4, 0.5) is 5.69 Å². The topological polar surface area (TPSA) is 24.9 Å². The zero-order chi connectivity index (χ0) is 23.9. The number of aryl methyl sites for hydroxylation is 2. The Morgan fingerprint density at radius 2 is 1.77 bits per heavy atom. The average Bonchev–Trinajstić information content (AvgIpc) is 3.54. The van der Waals surface area contributed by atoms with E-state index < -0.39 is 0 Å². The monoisotopic (exact) mass is 495 g/mol. The number of anilines is 1. The number of para-hydroxylation sites is 2. The number of rotatable bonds is 5. The van der Waals surface area contributed by atoms with Gasteiger partial charge < -0.3 is 4.90 Å². The summed E-state index contributed by atoms with van der Waals surface area (Å²) in [4.78, 5) is 8.46. The maximum Gasteiger partial charge on any atom is 0.287 e. The third kappa shape index (κ3) is 3.68. The van der Waals surface area contributed by atoms with Gasteiger partial charge in [0.1, 0.15) is 10.4 Å². The molecule has 0 spiro atoms. The molecule has 0 amide bonds. The fourth-order valence-corrected chi connectivity index (χ4v) is 7.04. The predicted molar refractivity (Wildman–Crippen MR) is 149 cm³/mol. The van der Waals surface area contributed by atoms with Crippen molar-refractivity contribution >= 4 is 56.1 Å². The van der Waals surface area contributed by atoms with E-state index in [4.69, 9.17) is 4.98 Å². The fourth-order valence-electron chi connectivity index (χ4n) is 4.93. The van der Waals surface area contributed by atoms with Crippen LogP contribution in [0.2, 0.25) is 0 Å². The van der Waals surface area contributed by atoms with Crippen LogP contribution in [0.15, 0.2) is 88.8 Å². The number of nitrogens with zero attached hydrogens (tertiary/aromatic N) is 4. The molecule has 0 fully saturated rings. The minimum atomic E-state index is 0.879. The molecule has 3 aromatic carbocycles. The van der Waals surface area contributed by atoms with Gasteiger partial charge in [0.05, 0.1) is 27.8 Å². The Labute approximate surface area is 213 Å². The van der Waals surface area contributed by atoms with E-state index in [1.807, 2.05) is 11.8 Å². The lowest BCUT2D eigenvalue weighted by molar-refractivity contribution is -0.669. The molecule has 0 saturated heterocycles. The van der Waals surface area contributed by atoms with Gasteiger partial charge in [-0.3, -0.25) is 0 Å². The van der Waals surface area contributed by atoms with Gasteiger partial charge in [0.2, 0.25) is 0 Å². The number of imidazole rings is 1. The molecule has 6 heteroatoms. The first-order chi connectivity index (χ1) is 17.2. The van der Waals surface area contributed by atoms with Crippen molar-refractivity contribution in [1.29, 1.82) is 0 Å². The Hall–Kier alpha value is -3.35. The maximum absolute atomic E-state index is 4.76. The lowest BCUT2D eigenvalue weighted by atomic mass is 10.2. The van der Waals surface area contributed by atoms with Gasteiger partial charge in [-0.05, 0) is 63.2 Å². The van der Waals surface area contributed by atoms with Crippen LogP contribution in [0, 0.1) is 6.92 Å². The second-order valence-corrected chi connectivity index (χ2v) is 10.7. The number of hydrogen-bond donors (Lipinski definition) is 0. The zero-order valence-electron chi connectivity index (χ0n) is 20.1. The van der Waals surface area contributed by atoms with Crippen molar-refractivity contribution in [1.82, 2.24) is 9.55 Å². The van der Waals surface area contributed by atoms with Crippen LogP contribution < -0.4 is 9.47 Å². The highest BCUT2D eigenvalue weighted by molar-refractivity contribution is 8.03. The van der Waals surface area contributed by atoms with Crippen molar-refractivity contribution in [2.24, 2.45) is 0 Å². The fraction of sp³-hybridized carbons (Fsp3) is 0.172. The van der Waals surface area contributed by atoms with Gasteiger partial charge in [-0.1, -0.05) is 48.2 Å². The quantitative estimate of drug-likeness (QED) is 0.238. The van der Waals surface area contributed by atoms with E-state index in [0.29, 0.717) is 0 Å². The van der Waals surface area contributed by atoms with Gasteiger partial charge in [0, 0.05) is 17.5 Å². The highest BCUT2D eigenvalue weighted by Gasteiger charge is 2.27. The minimum Gasteiger partial charge on any atom is -0.335 e. The smallest absolute Gasteiger partial charge is 0.287 e. The molecule has 0 radical (unpaired) electrons. The van der Waals surface area contributed by atoms with Gasteiger partial charge >= 0.3 is 0 Å². The van der Waals surface area contributed by atoms with Crippen molar-refractivity contribution in [3.05, 3.63) is 94.7 Å². The van der Waals surface area contributed by atoms with E-state index in [0.717, 1.165) is 35.1 Å². The molecule has 3 heterocycles. The van der Waals surface area contributed by atoms with Crippen LogP contribution >= 0.6 is 23.1 Å². The molecule has 5 aromatic rings. The Kier molecular flexibility index (Phi) is 5.71. The number of aromatic nitrogens is 3. The Bertz CT molecular complexity index is 1610. The lowest BCUT2D eigenvalue weighted by Gasteiger charge is -2.17. The molecule has 0 aliphatic carbocycles. The van der Waals surface area contributed by atoms with Crippen molar-refractivity contribution in [2.45, 2.75) is 32.2 Å². The summed E-state index contributed by atoms with van der Waals surface area (Å²) in [6.07, 6.45) is 6.69. The van der Waals surface area contributed by atoms with Crippen LogP contribution in [0.1, 0.15) is 24.7 Å². The lowest BCUT2D eigenvalue weighted by Crippen LogP contribution is -2.35. The molecule has 0 N–H and O–H groups in total. The molecule has 0 unspecified atom stereocenters. The first-order valence-corrected chi connectivity index (χ1v) is 13.7. The van der Waals surface area contributed by atoms with Crippen LogP contribution in [0.3, 0.4) is 0 Å². The molecule has 35 heavy (non-hydrogen) atoms. The number of allylic oxidation sites excluding steroid dienone is 2. The van der Waals surface area contributed by atoms with E-state index in [-0.39, 0.29) is 0 Å². The second-order valence-electron chi connectivity index (χ2n) is 8.47. The van der Waals surface area contributed by atoms with E-state index in [2.05, 4.69) is 120 Å². The molecule has 2 aromatic heterocycles. The van der Waals surface area contributed by atoms with Crippen LogP contribution in [-0.4, -0.2) is 16.1 Å². The molecular weight excluding hydrogens is 468 g/mol. The first-order valence-electron chi connectivity index (χ1n) is 12.0. The van der Waals surface area contributed by atoms with E-state index in [9.17, 15) is 0 Å². The molecule has 4 nitrogen and oxygen atoms in total. The number of benzene rings is 3. The van der Waals surface area contributed by atoms with Crippen molar-refractivity contribution in [3.8, 4) is 5.69 Å². The Balaban J connectivity index is 1.53. The third-order valence-corrected chi connectivity index (χ3v) is 8.53. The van der Waals surface area contributed by atoms with Crippen LogP contribution in [-0.2, 0) is 6.54 Å². The molecule has 0 bridgehead atoms. The summed E-state index contributed by atoms with van der Waals surface area (Å²) >= 11 is 3.62. The second kappa shape index (κ2) is 9.02. The molecule has 1 aliphatic rings. The minimum absolute atomic E-state index is 0.879. The molecule has 0 saturated carbocycles. The van der Waals surface area contributed by atoms with E-state index in [1.54, 1.807) is 11.3 Å². The summed E-state index contributed by atoms with van der Waals surface area (Å²) in [5.74, 6) is 1.16. The molecular formula is C29H27N4S2+. The predicted octanol–water partition coefficient (Wildman–Crippen LogP) is 7.34. The molecule has 0 atom stereocenters. The van der Waals surface area contributed by atoms with Crippen molar-refractivity contribution < 1.29 is 4.57 Å². The maximum atomic E-state index is 4.76. The third-order valence-electron chi connectivity index (χ3n) is 6.40. The Morgan fingerprint density at radius 1 is 0.971 bits per heavy atom. The zero-order valence-corrected chi connectivity index (χ0v) is 21.7. The summed E-state index contributed by atoms with van der Waals surface area (Å²) in [7, 11) is 0. The number of hydrogen-bond acceptors (Lipinski definition) is 4. The summed E-state index contributed by atoms with van der Waals surface area (Å²) in [5, 5.41) is 2.36. The van der Waals surface area contributed by atoms with Crippen molar-refractivity contribution in [2.75, 3.05) is 11.4 Å². The summed E-state index contributed by atoms with van der Waals surface area (Å²) in [6, 6.07) is 23.7. The highest BCUT2D eigenvalue weighted by Crippen LogP contribution is 2.45. The summed E-state index contributed by atoms with van der Waals surface area (Å²) in [6.45, 7) is 8.35. The molecule has 174 valence electrons. The summed E-state index contributed by atoms with van der Waals surface area (Å²) in [5.41, 5.74) is 5.99. The van der Waals surface area contributed by atoms with Gasteiger partial charge in [0.15, 0.2) is 11.0 Å². The van der Waals surface area contributed by atoms with Gasteiger partial charge in [0.25, 0.3) is 5.82 Å². The number of thiazole rings is 1. The van der Waals surface area contributed by atoms with Crippen molar-refractivity contribution in [3.63, 3.8) is 0 Å². The largest absolute Gasteiger partial charge is 0.335 e. The van der Waals surface area contributed by atoms with E-state index in [1.165, 1.54) is 31.3 Å². The number of fused-ring (bicyclic) bond motifs is 4. The normalized spacial score (nSPS) is 14.7. The van der Waals surface area contributed by atoms with Crippen LogP contribution in [0.25, 0.3) is 33.0 Å². The van der Waals surface area contributed by atoms with Gasteiger partial charge in [-0.25, -0.2) is 9.55 Å². The SMILES string of the molecule is CCN1C(=CC=Cc2n(-c3ccccc3)c3ccc4nc(C)sc4c3[n+]2CC)Sc2ccccc21. The first kappa shape index (κ1) is 22.1. The standard InChI is InChI=1S/C29H27N4S2/c1-4-31-23-14-9-10-15-25(23)35-27(31)17-11-16-26-32(5-2)28-24(33(26)21-12-7-6-8-13-21)19-18-22-29(28)34-20(3)30-22/h6-19H,4-5H2,1-3H3/q+1. The van der Waals surface area contributed by atoms with E-state index >= 15 is 0 Å².